The normalized spacial score (nSPS) is 34.8. The van der Waals surface area contributed by atoms with Gasteiger partial charge in [-0.2, -0.15) is 0 Å². The van der Waals surface area contributed by atoms with Gasteiger partial charge in [-0.05, 0) is 52.9 Å². The highest BCUT2D eigenvalue weighted by Crippen LogP contribution is 2.44. The van der Waals surface area contributed by atoms with Gasteiger partial charge in [0.15, 0.2) is 0 Å². The van der Waals surface area contributed by atoms with Crippen molar-refractivity contribution in [1.82, 2.24) is 10.2 Å². The Morgan fingerprint density at radius 1 is 1.39 bits per heavy atom. The Balaban J connectivity index is 1.97. The molecule has 0 radical (unpaired) electrons. The predicted octanol–water partition coefficient (Wildman–Crippen LogP) is 2.26. The lowest BCUT2D eigenvalue weighted by Crippen LogP contribution is -2.64. The first-order chi connectivity index (χ1) is 8.37. The Bertz CT molecular complexity index is 288. The van der Waals surface area contributed by atoms with Crippen molar-refractivity contribution >= 4 is 0 Å². The van der Waals surface area contributed by atoms with Crippen LogP contribution in [-0.2, 0) is 4.74 Å². The van der Waals surface area contributed by atoms with Crippen molar-refractivity contribution < 1.29 is 4.74 Å². The van der Waals surface area contributed by atoms with Gasteiger partial charge in [-0.15, -0.1) is 0 Å². The van der Waals surface area contributed by atoms with Gasteiger partial charge in [0.25, 0.3) is 0 Å². The van der Waals surface area contributed by atoms with E-state index < -0.39 is 0 Å². The van der Waals surface area contributed by atoms with Gasteiger partial charge in [0, 0.05) is 38.3 Å². The number of ether oxygens (including phenoxy) is 1. The smallest absolute Gasteiger partial charge is 0.0634 e. The standard InChI is InChI=1S/C15H30N2O/c1-12-10-17(9-8-14(2,3)18-5)15(4,11-16-12)13-6-7-13/h12-13,16H,6-11H2,1-5H3. The Kier molecular flexibility index (Phi) is 4.05. The fraction of sp³-hybridized carbons (Fsp3) is 1.00. The number of methoxy groups -OCH3 is 1. The summed E-state index contributed by atoms with van der Waals surface area (Å²) in [7, 11) is 1.82. The van der Waals surface area contributed by atoms with Crippen LogP contribution in [0.2, 0.25) is 0 Å². The van der Waals surface area contributed by atoms with Crippen LogP contribution >= 0.6 is 0 Å². The van der Waals surface area contributed by atoms with Crippen molar-refractivity contribution in [2.45, 2.75) is 64.1 Å². The molecule has 1 aliphatic heterocycles. The summed E-state index contributed by atoms with van der Waals surface area (Å²) in [4.78, 5) is 2.71. The van der Waals surface area contributed by atoms with Gasteiger partial charge in [-0.25, -0.2) is 0 Å². The Labute approximate surface area is 112 Å². The molecular weight excluding hydrogens is 224 g/mol. The molecule has 0 aromatic rings. The average molecular weight is 254 g/mol. The van der Waals surface area contributed by atoms with E-state index in [1.54, 1.807) is 0 Å². The van der Waals surface area contributed by atoms with Crippen LogP contribution < -0.4 is 5.32 Å². The number of hydrogen-bond donors (Lipinski definition) is 1. The van der Waals surface area contributed by atoms with Crippen molar-refractivity contribution in [2.24, 2.45) is 5.92 Å². The summed E-state index contributed by atoms with van der Waals surface area (Å²) in [6.07, 6.45) is 3.94. The number of nitrogens with zero attached hydrogens (tertiary/aromatic N) is 1. The topological polar surface area (TPSA) is 24.5 Å². The maximum atomic E-state index is 5.56. The lowest BCUT2D eigenvalue weighted by Gasteiger charge is -2.49. The number of rotatable bonds is 5. The lowest BCUT2D eigenvalue weighted by atomic mass is 9.89. The van der Waals surface area contributed by atoms with Gasteiger partial charge in [-0.3, -0.25) is 4.90 Å². The first kappa shape index (κ1) is 14.3. The molecule has 2 fully saturated rings. The van der Waals surface area contributed by atoms with E-state index >= 15 is 0 Å². The van der Waals surface area contributed by atoms with Gasteiger partial charge in [-0.1, -0.05) is 0 Å². The Morgan fingerprint density at radius 2 is 2.06 bits per heavy atom. The van der Waals surface area contributed by atoms with E-state index in [1.165, 1.54) is 19.4 Å². The molecule has 106 valence electrons. The largest absolute Gasteiger partial charge is 0.379 e. The molecule has 2 atom stereocenters. The molecular formula is C15H30N2O. The zero-order valence-electron chi connectivity index (χ0n) is 12.8. The van der Waals surface area contributed by atoms with E-state index in [1.807, 2.05) is 7.11 Å². The van der Waals surface area contributed by atoms with Crippen LogP contribution in [0.4, 0.5) is 0 Å². The molecule has 2 rings (SSSR count). The maximum Gasteiger partial charge on any atom is 0.0634 e. The highest BCUT2D eigenvalue weighted by Gasteiger charge is 2.47. The SMILES string of the molecule is COC(C)(C)CCN1CC(C)NCC1(C)C1CC1. The molecule has 0 amide bonds. The van der Waals surface area contributed by atoms with Crippen LogP contribution in [0.15, 0.2) is 0 Å². The second-order valence-corrected chi connectivity index (χ2v) is 7.07. The maximum absolute atomic E-state index is 5.56. The molecule has 0 aromatic carbocycles. The molecule has 2 aliphatic rings. The van der Waals surface area contributed by atoms with E-state index in [0.717, 1.165) is 25.4 Å². The van der Waals surface area contributed by atoms with Crippen LogP contribution in [0.3, 0.4) is 0 Å². The fourth-order valence-corrected chi connectivity index (χ4v) is 3.06. The van der Waals surface area contributed by atoms with Crippen molar-refractivity contribution in [1.29, 1.82) is 0 Å². The van der Waals surface area contributed by atoms with Crippen LogP contribution in [0.25, 0.3) is 0 Å². The van der Waals surface area contributed by atoms with Gasteiger partial charge >= 0.3 is 0 Å². The number of piperazine rings is 1. The van der Waals surface area contributed by atoms with Crippen molar-refractivity contribution in [3.63, 3.8) is 0 Å². The van der Waals surface area contributed by atoms with E-state index in [2.05, 4.69) is 37.9 Å². The first-order valence-corrected chi connectivity index (χ1v) is 7.41. The van der Waals surface area contributed by atoms with Crippen molar-refractivity contribution in [3.05, 3.63) is 0 Å². The molecule has 0 bridgehead atoms. The molecule has 1 saturated heterocycles. The highest BCUT2D eigenvalue weighted by atomic mass is 16.5. The summed E-state index contributed by atoms with van der Waals surface area (Å²) in [6.45, 7) is 12.6. The zero-order chi connectivity index (χ0) is 13.4. The van der Waals surface area contributed by atoms with E-state index in [0.29, 0.717) is 11.6 Å². The molecule has 0 spiro atoms. The first-order valence-electron chi connectivity index (χ1n) is 7.41. The van der Waals surface area contributed by atoms with E-state index in [-0.39, 0.29) is 5.60 Å². The summed E-state index contributed by atoms with van der Waals surface area (Å²) in [6, 6.07) is 0.613. The number of nitrogens with one attached hydrogen (secondary N) is 1. The Morgan fingerprint density at radius 3 is 2.61 bits per heavy atom. The van der Waals surface area contributed by atoms with Crippen LogP contribution in [0.1, 0.15) is 47.0 Å². The predicted molar refractivity (Wildman–Crippen MR) is 75.9 cm³/mol. The molecule has 1 aliphatic carbocycles. The monoisotopic (exact) mass is 254 g/mol. The second kappa shape index (κ2) is 5.10. The zero-order valence-corrected chi connectivity index (χ0v) is 12.8. The summed E-state index contributed by atoms with van der Waals surface area (Å²) < 4.78 is 5.56. The Hall–Kier alpha value is -0.120. The summed E-state index contributed by atoms with van der Waals surface area (Å²) in [5.41, 5.74) is 0.370. The lowest BCUT2D eigenvalue weighted by molar-refractivity contribution is -0.0187. The molecule has 1 N–H and O–H groups in total. The second-order valence-electron chi connectivity index (χ2n) is 7.07. The highest BCUT2D eigenvalue weighted by molar-refractivity contribution is 5.04. The average Bonchev–Trinajstić information content (AvgIpc) is 3.15. The molecule has 1 heterocycles. The van der Waals surface area contributed by atoms with Crippen LogP contribution in [0.5, 0.6) is 0 Å². The third kappa shape index (κ3) is 3.06. The van der Waals surface area contributed by atoms with Crippen molar-refractivity contribution in [3.8, 4) is 0 Å². The third-order valence-corrected chi connectivity index (χ3v) is 5.02. The molecule has 1 saturated carbocycles. The molecule has 2 unspecified atom stereocenters. The molecule has 18 heavy (non-hydrogen) atoms. The minimum Gasteiger partial charge on any atom is -0.379 e. The van der Waals surface area contributed by atoms with Gasteiger partial charge in [0.1, 0.15) is 0 Å². The minimum absolute atomic E-state index is 0.00141. The quantitative estimate of drug-likeness (QED) is 0.814. The summed E-state index contributed by atoms with van der Waals surface area (Å²) >= 11 is 0. The van der Waals surface area contributed by atoms with Crippen LogP contribution in [0, 0.1) is 5.92 Å². The van der Waals surface area contributed by atoms with Gasteiger partial charge < -0.3 is 10.1 Å². The summed E-state index contributed by atoms with van der Waals surface area (Å²) in [5, 5.41) is 3.66. The minimum atomic E-state index is -0.00141. The molecule has 3 heteroatoms. The van der Waals surface area contributed by atoms with Crippen LogP contribution in [-0.4, -0.2) is 48.8 Å². The number of hydrogen-bond acceptors (Lipinski definition) is 3. The van der Waals surface area contributed by atoms with E-state index in [9.17, 15) is 0 Å². The van der Waals surface area contributed by atoms with Gasteiger partial charge in [0.2, 0.25) is 0 Å². The van der Waals surface area contributed by atoms with E-state index in [4.69, 9.17) is 4.74 Å². The third-order valence-electron chi connectivity index (χ3n) is 5.02. The molecule has 3 nitrogen and oxygen atoms in total. The fourth-order valence-electron chi connectivity index (χ4n) is 3.06. The summed E-state index contributed by atoms with van der Waals surface area (Å²) in [5.74, 6) is 0.906. The molecule has 0 aromatic heterocycles. The van der Waals surface area contributed by atoms with Gasteiger partial charge in [0.05, 0.1) is 5.60 Å². The van der Waals surface area contributed by atoms with Crippen molar-refractivity contribution in [2.75, 3.05) is 26.7 Å².